The van der Waals surface area contributed by atoms with Gasteiger partial charge in [0.25, 0.3) is 11.8 Å². The molecule has 2 aliphatic rings. The van der Waals surface area contributed by atoms with Crippen LogP contribution < -0.4 is 5.32 Å². The quantitative estimate of drug-likeness (QED) is 0.753. The Labute approximate surface area is 146 Å². The highest BCUT2D eigenvalue weighted by molar-refractivity contribution is 6.21. The Hall–Kier alpha value is -2.25. The summed E-state index contributed by atoms with van der Waals surface area (Å²) in [7, 11) is 0. The average Bonchev–Trinajstić information content (AvgIpc) is 2.88. The lowest BCUT2D eigenvalue weighted by Gasteiger charge is -2.23. The molecule has 2 heterocycles. The molecule has 2 aliphatic heterocycles. The lowest BCUT2D eigenvalue weighted by atomic mass is 10.1. The fraction of sp³-hybridized carbons (Fsp3) is 0.500. The molecule has 7 heteroatoms. The molecular formula is C18H22N2O5. The van der Waals surface area contributed by atoms with Crippen LogP contribution in [-0.4, -0.2) is 55.2 Å². The van der Waals surface area contributed by atoms with E-state index in [9.17, 15) is 14.4 Å². The van der Waals surface area contributed by atoms with E-state index >= 15 is 0 Å². The molecule has 25 heavy (non-hydrogen) atoms. The first kappa shape index (κ1) is 17.6. The van der Waals surface area contributed by atoms with Gasteiger partial charge in [-0.15, -0.1) is 0 Å². The van der Waals surface area contributed by atoms with E-state index in [1.54, 1.807) is 24.3 Å². The number of carbonyl (C=O) groups is 3. The third-order valence-corrected chi connectivity index (χ3v) is 4.26. The highest BCUT2D eigenvalue weighted by atomic mass is 16.7. The van der Waals surface area contributed by atoms with Crippen LogP contribution >= 0.6 is 0 Å². The standard InChI is InChI=1S/C18H22N2O5/c21-15(19-9-8-16-24-11-4-12-25-16)7-3-10-20-17(22)13-5-1-2-6-14(13)18(20)23/h1-2,5-6,16H,3-4,7-12H2,(H,19,21). The molecule has 1 N–H and O–H groups in total. The SMILES string of the molecule is O=C(CCCN1C(=O)c2ccccc2C1=O)NCCC1OCCCO1. The summed E-state index contributed by atoms with van der Waals surface area (Å²) >= 11 is 0. The van der Waals surface area contributed by atoms with Crippen molar-refractivity contribution in [3.8, 4) is 0 Å². The number of hydrogen-bond acceptors (Lipinski definition) is 5. The molecule has 0 aliphatic carbocycles. The Bertz CT molecular complexity index is 620. The minimum absolute atomic E-state index is 0.104. The largest absolute Gasteiger partial charge is 0.356 e. The van der Waals surface area contributed by atoms with Gasteiger partial charge in [-0.1, -0.05) is 12.1 Å². The third kappa shape index (κ3) is 4.24. The molecule has 0 atom stereocenters. The van der Waals surface area contributed by atoms with Gasteiger partial charge in [0.15, 0.2) is 6.29 Å². The molecule has 0 bridgehead atoms. The van der Waals surface area contributed by atoms with E-state index in [0.717, 1.165) is 6.42 Å². The zero-order valence-electron chi connectivity index (χ0n) is 14.0. The predicted molar refractivity (Wildman–Crippen MR) is 89.0 cm³/mol. The molecule has 0 radical (unpaired) electrons. The molecule has 1 saturated heterocycles. The van der Waals surface area contributed by atoms with Gasteiger partial charge in [-0.25, -0.2) is 0 Å². The van der Waals surface area contributed by atoms with Crippen molar-refractivity contribution in [1.82, 2.24) is 10.2 Å². The summed E-state index contributed by atoms with van der Waals surface area (Å²) < 4.78 is 10.8. The first-order valence-electron chi connectivity index (χ1n) is 8.62. The van der Waals surface area contributed by atoms with Crippen LogP contribution in [0, 0.1) is 0 Å². The predicted octanol–water partition coefficient (Wildman–Crippen LogP) is 1.33. The molecule has 3 amide bonds. The monoisotopic (exact) mass is 346 g/mol. The number of nitrogens with one attached hydrogen (secondary N) is 1. The van der Waals surface area contributed by atoms with E-state index in [1.165, 1.54) is 4.90 Å². The Morgan fingerprint density at radius 1 is 1.12 bits per heavy atom. The molecule has 1 fully saturated rings. The van der Waals surface area contributed by atoms with Crippen molar-refractivity contribution in [3.63, 3.8) is 0 Å². The highest BCUT2D eigenvalue weighted by Gasteiger charge is 2.34. The van der Waals surface area contributed by atoms with Crippen molar-refractivity contribution in [2.45, 2.75) is 32.0 Å². The summed E-state index contributed by atoms with van der Waals surface area (Å²) in [4.78, 5) is 37.5. The van der Waals surface area contributed by atoms with Gasteiger partial charge in [-0.3, -0.25) is 19.3 Å². The number of benzene rings is 1. The maximum absolute atomic E-state index is 12.2. The Morgan fingerprint density at radius 2 is 1.76 bits per heavy atom. The second kappa shape index (κ2) is 8.22. The second-order valence-electron chi connectivity index (χ2n) is 6.07. The molecule has 134 valence electrons. The normalized spacial score (nSPS) is 17.7. The van der Waals surface area contributed by atoms with Crippen molar-refractivity contribution < 1.29 is 23.9 Å². The third-order valence-electron chi connectivity index (χ3n) is 4.26. The van der Waals surface area contributed by atoms with Crippen LogP contribution in [0.4, 0.5) is 0 Å². The minimum atomic E-state index is -0.285. The number of rotatable bonds is 7. The maximum Gasteiger partial charge on any atom is 0.261 e. The minimum Gasteiger partial charge on any atom is -0.356 e. The second-order valence-corrected chi connectivity index (χ2v) is 6.07. The van der Waals surface area contributed by atoms with Gasteiger partial charge >= 0.3 is 0 Å². The Morgan fingerprint density at radius 3 is 2.40 bits per heavy atom. The van der Waals surface area contributed by atoms with Crippen molar-refractivity contribution in [1.29, 1.82) is 0 Å². The number of carbonyl (C=O) groups excluding carboxylic acids is 3. The van der Waals surface area contributed by atoms with Crippen LogP contribution in [0.3, 0.4) is 0 Å². The average molecular weight is 346 g/mol. The summed E-state index contributed by atoms with van der Waals surface area (Å²) in [6, 6.07) is 6.77. The molecule has 1 aromatic rings. The number of fused-ring (bicyclic) bond motifs is 1. The van der Waals surface area contributed by atoms with Crippen LogP contribution in [0.1, 0.15) is 46.4 Å². The van der Waals surface area contributed by atoms with E-state index in [2.05, 4.69) is 5.32 Å². The number of imide groups is 1. The Kier molecular flexibility index (Phi) is 5.78. The molecule has 0 unspecified atom stereocenters. The van der Waals surface area contributed by atoms with Crippen molar-refractivity contribution >= 4 is 17.7 Å². The number of ether oxygens (including phenoxy) is 2. The van der Waals surface area contributed by atoms with E-state index in [4.69, 9.17) is 9.47 Å². The van der Waals surface area contributed by atoms with E-state index in [1.807, 2.05) is 0 Å². The number of amides is 3. The molecular weight excluding hydrogens is 324 g/mol. The van der Waals surface area contributed by atoms with Gasteiger partial charge in [0.1, 0.15) is 0 Å². The van der Waals surface area contributed by atoms with Gasteiger partial charge in [-0.2, -0.15) is 0 Å². The van der Waals surface area contributed by atoms with E-state index in [0.29, 0.717) is 43.7 Å². The number of nitrogens with zero attached hydrogens (tertiary/aromatic N) is 1. The van der Waals surface area contributed by atoms with E-state index in [-0.39, 0.29) is 37.0 Å². The van der Waals surface area contributed by atoms with Crippen LogP contribution in [-0.2, 0) is 14.3 Å². The summed E-state index contributed by atoms with van der Waals surface area (Å²) in [5.74, 6) is -0.673. The highest BCUT2D eigenvalue weighted by Crippen LogP contribution is 2.22. The maximum atomic E-state index is 12.2. The fourth-order valence-corrected chi connectivity index (χ4v) is 2.96. The van der Waals surface area contributed by atoms with Crippen molar-refractivity contribution in [3.05, 3.63) is 35.4 Å². The lowest BCUT2D eigenvalue weighted by molar-refractivity contribution is -0.180. The zero-order chi connectivity index (χ0) is 17.6. The van der Waals surface area contributed by atoms with Crippen LogP contribution in [0.25, 0.3) is 0 Å². The van der Waals surface area contributed by atoms with Gasteiger partial charge < -0.3 is 14.8 Å². The van der Waals surface area contributed by atoms with Gasteiger partial charge in [-0.05, 0) is 25.0 Å². The first-order chi connectivity index (χ1) is 12.2. The van der Waals surface area contributed by atoms with Gasteiger partial charge in [0.2, 0.25) is 5.91 Å². The zero-order valence-corrected chi connectivity index (χ0v) is 14.0. The topological polar surface area (TPSA) is 84.9 Å². The molecule has 1 aromatic carbocycles. The number of hydrogen-bond donors (Lipinski definition) is 1. The summed E-state index contributed by atoms with van der Waals surface area (Å²) in [6.07, 6.45) is 1.98. The van der Waals surface area contributed by atoms with Crippen molar-refractivity contribution in [2.75, 3.05) is 26.3 Å². The summed E-state index contributed by atoms with van der Waals surface area (Å²) in [5, 5.41) is 2.81. The van der Waals surface area contributed by atoms with E-state index < -0.39 is 0 Å². The summed E-state index contributed by atoms with van der Waals surface area (Å²) in [5.41, 5.74) is 0.869. The fourth-order valence-electron chi connectivity index (χ4n) is 2.96. The molecule has 0 saturated carbocycles. The van der Waals surface area contributed by atoms with Gasteiger partial charge in [0, 0.05) is 25.9 Å². The van der Waals surface area contributed by atoms with Crippen molar-refractivity contribution in [2.24, 2.45) is 0 Å². The van der Waals surface area contributed by atoms with Crippen LogP contribution in [0.5, 0.6) is 0 Å². The molecule has 7 nitrogen and oxygen atoms in total. The van der Waals surface area contributed by atoms with Crippen LogP contribution in [0.2, 0.25) is 0 Å². The van der Waals surface area contributed by atoms with Crippen LogP contribution in [0.15, 0.2) is 24.3 Å². The smallest absolute Gasteiger partial charge is 0.261 e. The molecule has 3 rings (SSSR count). The lowest BCUT2D eigenvalue weighted by Crippen LogP contribution is -2.33. The summed E-state index contributed by atoms with van der Waals surface area (Å²) in [6.45, 7) is 2.11. The Balaban J connectivity index is 1.36. The van der Waals surface area contributed by atoms with Gasteiger partial charge in [0.05, 0.1) is 24.3 Å². The molecule has 0 spiro atoms. The first-order valence-corrected chi connectivity index (χ1v) is 8.62. The molecule has 0 aromatic heterocycles.